The number of anilines is 1. The fourth-order valence-electron chi connectivity index (χ4n) is 2.58. The molecule has 104 valence electrons. The molecule has 0 bridgehead atoms. The van der Waals surface area contributed by atoms with Gasteiger partial charge in [-0.15, -0.1) is 0 Å². The Morgan fingerprint density at radius 1 is 1.40 bits per heavy atom. The first-order valence-electron chi connectivity index (χ1n) is 6.39. The van der Waals surface area contributed by atoms with Gasteiger partial charge in [-0.25, -0.2) is 0 Å². The number of aromatic nitrogens is 1. The number of nitrogens with zero attached hydrogens (tertiary/aromatic N) is 1. The second kappa shape index (κ2) is 4.35. The third-order valence-electron chi connectivity index (χ3n) is 3.81. The van der Waals surface area contributed by atoms with Crippen LogP contribution in [0.3, 0.4) is 0 Å². The SMILES string of the molecule is NC1(C(=O)O)CCN(c2cc3ccccc3c(=O)[nH]2)C1. The Balaban J connectivity index is 2.00. The average molecular weight is 273 g/mol. The van der Waals surface area contributed by atoms with E-state index in [0.29, 0.717) is 24.2 Å². The fourth-order valence-corrected chi connectivity index (χ4v) is 2.58. The minimum Gasteiger partial charge on any atom is -0.480 e. The third kappa shape index (κ3) is 1.94. The maximum Gasteiger partial charge on any atom is 0.325 e. The normalized spacial score (nSPS) is 22.4. The molecule has 0 amide bonds. The third-order valence-corrected chi connectivity index (χ3v) is 3.81. The van der Waals surface area contributed by atoms with E-state index in [1.807, 2.05) is 29.2 Å². The lowest BCUT2D eigenvalue weighted by Crippen LogP contribution is -2.50. The summed E-state index contributed by atoms with van der Waals surface area (Å²) in [6.45, 7) is 0.702. The van der Waals surface area contributed by atoms with Gasteiger partial charge in [-0.3, -0.25) is 9.59 Å². The quantitative estimate of drug-likeness (QED) is 0.740. The highest BCUT2D eigenvalue weighted by atomic mass is 16.4. The van der Waals surface area contributed by atoms with Crippen LogP contribution in [0.2, 0.25) is 0 Å². The molecule has 1 aliphatic heterocycles. The Morgan fingerprint density at radius 3 is 2.85 bits per heavy atom. The number of carboxylic acids is 1. The van der Waals surface area contributed by atoms with E-state index in [1.54, 1.807) is 6.07 Å². The Kier molecular flexibility index (Phi) is 2.76. The molecule has 20 heavy (non-hydrogen) atoms. The lowest BCUT2D eigenvalue weighted by Gasteiger charge is -2.21. The van der Waals surface area contributed by atoms with Gasteiger partial charge < -0.3 is 20.7 Å². The summed E-state index contributed by atoms with van der Waals surface area (Å²) < 4.78 is 0. The Hall–Kier alpha value is -2.34. The van der Waals surface area contributed by atoms with Gasteiger partial charge in [0, 0.05) is 18.5 Å². The highest BCUT2D eigenvalue weighted by Gasteiger charge is 2.41. The van der Waals surface area contributed by atoms with Crippen molar-refractivity contribution >= 4 is 22.6 Å². The van der Waals surface area contributed by atoms with Gasteiger partial charge in [0.1, 0.15) is 11.4 Å². The summed E-state index contributed by atoms with van der Waals surface area (Å²) in [5.41, 5.74) is 4.42. The summed E-state index contributed by atoms with van der Waals surface area (Å²) in [4.78, 5) is 27.8. The van der Waals surface area contributed by atoms with Gasteiger partial charge in [-0.2, -0.15) is 0 Å². The number of nitrogens with one attached hydrogen (secondary N) is 1. The lowest BCUT2D eigenvalue weighted by atomic mass is 10.0. The van der Waals surface area contributed by atoms with Crippen molar-refractivity contribution in [2.24, 2.45) is 5.73 Å². The van der Waals surface area contributed by atoms with Gasteiger partial charge >= 0.3 is 5.97 Å². The number of fused-ring (bicyclic) bond motifs is 1. The van der Waals surface area contributed by atoms with Crippen molar-refractivity contribution in [1.82, 2.24) is 4.98 Å². The number of carboxylic acid groups (broad SMARTS) is 1. The number of hydrogen-bond donors (Lipinski definition) is 3. The summed E-state index contributed by atoms with van der Waals surface area (Å²) in [7, 11) is 0. The van der Waals surface area contributed by atoms with Crippen LogP contribution in [0.4, 0.5) is 5.82 Å². The monoisotopic (exact) mass is 273 g/mol. The molecular weight excluding hydrogens is 258 g/mol. The Morgan fingerprint density at radius 2 is 2.15 bits per heavy atom. The predicted molar refractivity (Wildman–Crippen MR) is 76.0 cm³/mol. The van der Waals surface area contributed by atoms with Gasteiger partial charge in [-0.1, -0.05) is 18.2 Å². The minimum absolute atomic E-state index is 0.178. The van der Waals surface area contributed by atoms with Crippen LogP contribution in [-0.2, 0) is 4.79 Å². The standard InChI is InChI=1S/C14H15N3O3/c15-14(13(19)20)5-6-17(8-14)11-7-9-3-1-2-4-10(9)12(18)16-11/h1-4,7H,5-6,8,15H2,(H,16,18)(H,19,20). The number of aliphatic carboxylic acids is 1. The van der Waals surface area contributed by atoms with E-state index in [1.165, 1.54) is 0 Å². The largest absolute Gasteiger partial charge is 0.480 e. The molecule has 0 spiro atoms. The lowest BCUT2D eigenvalue weighted by molar-refractivity contribution is -0.142. The molecule has 1 fully saturated rings. The number of benzene rings is 1. The van der Waals surface area contributed by atoms with Crippen molar-refractivity contribution in [2.75, 3.05) is 18.0 Å². The summed E-state index contributed by atoms with van der Waals surface area (Å²) in [5.74, 6) is -0.398. The predicted octanol–water partition coefficient (Wildman–Crippen LogP) is 0.520. The molecule has 1 aliphatic rings. The molecule has 2 aromatic rings. The van der Waals surface area contributed by atoms with Crippen LogP contribution in [0.1, 0.15) is 6.42 Å². The van der Waals surface area contributed by atoms with E-state index < -0.39 is 11.5 Å². The first-order chi connectivity index (χ1) is 9.49. The van der Waals surface area contributed by atoms with Crippen LogP contribution >= 0.6 is 0 Å². The second-order valence-electron chi connectivity index (χ2n) is 5.20. The fraction of sp³-hybridized carbons (Fsp3) is 0.286. The van der Waals surface area contributed by atoms with Crippen LogP contribution in [-0.4, -0.2) is 34.7 Å². The Labute approximate surface area is 114 Å². The van der Waals surface area contributed by atoms with Gasteiger partial charge in [0.2, 0.25) is 0 Å². The van der Waals surface area contributed by atoms with E-state index in [0.717, 1.165) is 5.39 Å². The molecule has 0 aliphatic carbocycles. The number of H-pyrrole nitrogens is 1. The highest BCUT2D eigenvalue weighted by Crippen LogP contribution is 2.25. The molecule has 1 aromatic carbocycles. The van der Waals surface area contributed by atoms with Gasteiger partial charge in [0.15, 0.2) is 0 Å². The van der Waals surface area contributed by atoms with Crippen LogP contribution < -0.4 is 16.2 Å². The van der Waals surface area contributed by atoms with Gasteiger partial charge in [-0.05, 0) is 23.9 Å². The van der Waals surface area contributed by atoms with Crippen LogP contribution in [0.5, 0.6) is 0 Å². The second-order valence-corrected chi connectivity index (χ2v) is 5.20. The first kappa shape index (κ1) is 12.7. The highest BCUT2D eigenvalue weighted by molar-refractivity contribution is 5.84. The van der Waals surface area contributed by atoms with Gasteiger partial charge in [0.25, 0.3) is 5.56 Å². The maximum atomic E-state index is 12.0. The van der Waals surface area contributed by atoms with E-state index in [4.69, 9.17) is 10.8 Å². The van der Waals surface area contributed by atoms with E-state index >= 15 is 0 Å². The number of rotatable bonds is 2. The summed E-state index contributed by atoms with van der Waals surface area (Å²) >= 11 is 0. The summed E-state index contributed by atoms with van der Waals surface area (Å²) in [6, 6.07) is 9.14. The van der Waals surface area contributed by atoms with E-state index in [-0.39, 0.29) is 12.1 Å². The average Bonchev–Trinajstić information content (AvgIpc) is 2.83. The number of pyridine rings is 1. The topological polar surface area (TPSA) is 99.4 Å². The summed E-state index contributed by atoms with van der Waals surface area (Å²) in [5, 5.41) is 10.6. The molecule has 1 atom stereocenters. The number of aromatic amines is 1. The number of hydrogen-bond acceptors (Lipinski definition) is 4. The molecule has 6 nitrogen and oxygen atoms in total. The van der Waals surface area contributed by atoms with Crippen molar-refractivity contribution < 1.29 is 9.90 Å². The van der Waals surface area contributed by atoms with Crippen molar-refractivity contribution in [3.8, 4) is 0 Å². The van der Waals surface area contributed by atoms with Gasteiger partial charge in [0.05, 0.1) is 0 Å². The Bertz CT molecular complexity index is 740. The zero-order chi connectivity index (χ0) is 14.3. The molecule has 2 heterocycles. The molecule has 1 saturated heterocycles. The molecule has 1 aromatic heterocycles. The molecule has 0 saturated carbocycles. The molecule has 1 unspecified atom stereocenters. The maximum absolute atomic E-state index is 12.0. The van der Waals surface area contributed by atoms with Crippen molar-refractivity contribution in [1.29, 1.82) is 0 Å². The molecule has 4 N–H and O–H groups in total. The number of carbonyl (C=O) groups is 1. The zero-order valence-electron chi connectivity index (χ0n) is 10.8. The van der Waals surface area contributed by atoms with Crippen molar-refractivity contribution in [3.05, 3.63) is 40.7 Å². The van der Waals surface area contributed by atoms with Crippen LogP contribution in [0, 0.1) is 0 Å². The van der Waals surface area contributed by atoms with Crippen LogP contribution in [0.15, 0.2) is 35.1 Å². The molecule has 3 rings (SSSR count). The number of nitrogens with two attached hydrogens (primary N) is 1. The van der Waals surface area contributed by atoms with Crippen LogP contribution in [0.25, 0.3) is 10.8 Å². The molecular formula is C14H15N3O3. The van der Waals surface area contributed by atoms with Crippen molar-refractivity contribution in [2.45, 2.75) is 12.0 Å². The first-order valence-corrected chi connectivity index (χ1v) is 6.39. The van der Waals surface area contributed by atoms with E-state index in [9.17, 15) is 9.59 Å². The minimum atomic E-state index is -1.25. The summed E-state index contributed by atoms with van der Waals surface area (Å²) in [6.07, 6.45) is 0.358. The smallest absolute Gasteiger partial charge is 0.325 e. The van der Waals surface area contributed by atoms with Crippen molar-refractivity contribution in [3.63, 3.8) is 0 Å². The molecule has 0 radical (unpaired) electrons. The molecule has 6 heteroatoms. The zero-order valence-corrected chi connectivity index (χ0v) is 10.8. The van der Waals surface area contributed by atoms with E-state index in [2.05, 4.69) is 4.98 Å².